The van der Waals surface area contributed by atoms with Gasteiger partial charge in [0.1, 0.15) is 0 Å². The molecule has 0 saturated heterocycles. The summed E-state index contributed by atoms with van der Waals surface area (Å²) < 4.78 is 1.49. The van der Waals surface area contributed by atoms with E-state index >= 15 is 0 Å². The van der Waals surface area contributed by atoms with E-state index in [0.29, 0.717) is 0 Å². The summed E-state index contributed by atoms with van der Waals surface area (Å²) in [5, 5.41) is 0. The van der Waals surface area contributed by atoms with Gasteiger partial charge in [-0.15, -0.1) is 0 Å². The predicted molar refractivity (Wildman–Crippen MR) is 42.2 cm³/mol. The number of hydrogen-bond acceptors (Lipinski definition) is 1. The van der Waals surface area contributed by atoms with Crippen molar-refractivity contribution < 1.29 is 4.09 Å². The molecule has 0 fully saturated rings. The van der Waals surface area contributed by atoms with Gasteiger partial charge in [-0.25, -0.2) is 0 Å². The zero-order valence-corrected chi connectivity index (χ0v) is 6.84. The Morgan fingerprint density at radius 3 is 2.20 bits per heavy atom. The second kappa shape index (κ2) is 2.88. The maximum absolute atomic E-state index is 5.61. The fourth-order valence-corrected chi connectivity index (χ4v) is 0.811. The zero-order chi connectivity index (χ0) is 7.56. The van der Waals surface area contributed by atoms with Gasteiger partial charge in [-0.1, -0.05) is 4.09 Å². The van der Waals surface area contributed by atoms with Crippen LogP contribution in [0.25, 0.3) is 0 Å². The van der Waals surface area contributed by atoms with Crippen LogP contribution in [0.3, 0.4) is 0 Å². The van der Waals surface area contributed by atoms with Gasteiger partial charge in [-0.2, -0.15) is 0 Å². The Balaban J connectivity index is 2.89. The van der Waals surface area contributed by atoms with Gasteiger partial charge in [-0.3, -0.25) is 0 Å². The molecule has 0 spiro atoms. The highest BCUT2D eigenvalue weighted by Gasteiger charge is 1.97. The van der Waals surface area contributed by atoms with E-state index in [4.69, 9.17) is 11.8 Å². The van der Waals surface area contributed by atoms with E-state index in [2.05, 4.69) is 0 Å². The summed E-state index contributed by atoms with van der Waals surface area (Å²) in [6.45, 7) is 0. The zero-order valence-electron chi connectivity index (χ0n) is 6.08. The first-order valence-corrected chi connectivity index (χ1v) is 3.39. The van der Waals surface area contributed by atoms with Gasteiger partial charge >= 0.3 is 0 Å². The second-order valence-corrected chi connectivity index (χ2v) is 2.69. The minimum atomic E-state index is 1.15. The Kier molecular flexibility index (Phi) is 2.12. The molecule has 0 bridgehead atoms. The fraction of sp³-hybridized carbons (Fsp3) is 0.286. The highest BCUT2D eigenvalue weighted by molar-refractivity contribution is 6.04. The van der Waals surface area contributed by atoms with Gasteiger partial charge in [0.05, 0.1) is 0 Å². The Morgan fingerprint density at radius 1 is 1.30 bits per heavy atom. The first kappa shape index (κ1) is 7.35. The van der Waals surface area contributed by atoms with Gasteiger partial charge in [-0.05, 0) is 0 Å². The lowest BCUT2D eigenvalue weighted by molar-refractivity contribution is -0.519. The maximum Gasteiger partial charge on any atom is 0.267 e. The molecule has 2 nitrogen and oxygen atoms in total. The standard InChI is InChI=1S/C7H10ClN2/c1-9(2)7-3-5-10(8)6-4-7/h3-6H,1-2H3/q+1. The van der Waals surface area contributed by atoms with Crippen molar-refractivity contribution in [3.05, 3.63) is 24.5 Å². The quantitative estimate of drug-likeness (QED) is 0.591. The van der Waals surface area contributed by atoms with Crippen LogP contribution in [-0.2, 0) is 0 Å². The third kappa shape index (κ3) is 1.61. The Hall–Kier alpha value is -0.760. The molecule has 1 aromatic rings. The fourth-order valence-electron chi connectivity index (χ4n) is 0.699. The van der Waals surface area contributed by atoms with Crippen molar-refractivity contribution >= 4 is 17.5 Å². The number of aromatic nitrogens is 1. The van der Waals surface area contributed by atoms with Crippen LogP contribution in [0.5, 0.6) is 0 Å². The monoisotopic (exact) mass is 157 g/mol. The summed E-state index contributed by atoms with van der Waals surface area (Å²) in [5.74, 6) is 0. The van der Waals surface area contributed by atoms with Crippen LogP contribution in [0.4, 0.5) is 5.69 Å². The Bertz CT molecular complexity index is 205. The molecule has 0 radical (unpaired) electrons. The first-order chi connectivity index (χ1) is 4.70. The van der Waals surface area contributed by atoms with Crippen LogP contribution in [0.2, 0.25) is 0 Å². The Labute approximate surface area is 65.8 Å². The normalized spacial score (nSPS) is 9.50. The van der Waals surface area contributed by atoms with E-state index in [1.807, 2.05) is 31.1 Å². The minimum Gasteiger partial charge on any atom is -0.377 e. The number of nitrogens with zero attached hydrogens (tertiary/aromatic N) is 2. The van der Waals surface area contributed by atoms with Gasteiger partial charge in [0.15, 0.2) is 12.4 Å². The lowest BCUT2D eigenvalue weighted by Gasteiger charge is -2.09. The summed E-state index contributed by atoms with van der Waals surface area (Å²) in [5.41, 5.74) is 1.15. The second-order valence-electron chi connectivity index (χ2n) is 2.30. The van der Waals surface area contributed by atoms with Gasteiger partial charge in [0, 0.05) is 31.9 Å². The molecular weight excluding hydrogens is 148 g/mol. The average Bonchev–Trinajstić information content (AvgIpc) is 1.88. The molecule has 0 aliphatic heterocycles. The van der Waals surface area contributed by atoms with Crippen LogP contribution in [0, 0.1) is 0 Å². The van der Waals surface area contributed by atoms with E-state index in [1.165, 1.54) is 4.09 Å². The maximum atomic E-state index is 5.61. The van der Waals surface area contributed by atoms with Gasteiger partial charge in [0.2, 0.25) is 0 Å². The average molecular weight is 158 g/mol. The van der Waals surface area contributed by atoms with Crippen LogP contribution in [0.15, 0.2) is 24.5 Å². The third-order valence-corrected chi connectivity index (χ3v) is 1.52. The largest absolute Gasteiger partial charge is 0.377 e. The molecule has 0 aromatic carbocycles. The molecule has 0 atom stereocenters. The molecule has 1 heterocycles. The van der Waals surface area contributed by atoms with Crippen LogP contribution >= 0.6 is 11.8 Å². The van der Waals surface area contributed by atoms with Crippen molar-refractivity contribution in [3.63, 3.8) is 0 Å². The highest BCUT2D eigenvalue weighted by Crippen LogP contribution is 2.05. The van der Waals surface area contributed by atoms with Crippen molar-refractivity contribution in [2.75, 3.05) is 19.0 Å². The van der Waals surface area contributed by atoms with Crippen molar-refractivity contribution in [3.8, 4) is 0 Å². The van der Waals surface area contributed by atoms with Crippen LogP contribution in [0.1, 0.15) is 0 Å². The number of hydrogen-bond donors (Lipinski definition) is 0. The number of rotatable bonds is 1. The van der Waals surface area contributed by atoms with E-state index in [-0.39, 0.29) is 0 Å². The molecule has 0 N–H and O–H groups in total. The molecular formula is C7H10ClN2+. The topological polar surface area (TPSA) is 7.12 Å². The number of halogens is 1. The smallest absolute Gasteiger partial charge is 0.267 e. The number of anilines is 1. The van der Waals surface area contributed by atoms with E-state index in [9.17, 15) is 0 Å². The molecule has 10 heavy (non-hydrogen) atoms. The minimum absolute atomic E-state index is 1.15. The third-order valence-electron chi connectivity index (χ3n) is 1.29. The molecule has 0 aliphatic carbocycles. The summed E-state index contributed by atoms with van der Waals surface area (Å²) in [6, 6.07) is 3.90. The first-order valence-electron chi connectivity index (χ1n) is 3.05. The summed E-state index contributed by atoms with van der Waals surface area (Å²) in [4.78, 5) is 2.02. The van der Waals surface area contributed by atoms with Crippen LogP contribution in [-0.4, -0.2) is 14.1 Å². The lowest BCUT2D eigenvalue weighted by atomic mass is 10.4. The predicted octanol–water partition coefficient (Wildman–Crippen LogP) is 1.04. The summed E-state index contributed by atoms with van der Waals surface area (Å²) in [6.07, 6.45) is 3.60. The van der Waals surface area contributed by atoms with Crippen molar-refractivity contribution in [2.45, 2.75) is 0 Å². The summed E-state index contributed by atoms with van der Waals surface area (Å²) >= 11 is 5.61. The van der Waals surface area contributed by atoms with E-state index < -0.39 is 0 Å². The molecule has 1 rings (SSSR count). The van der Waals surface area contributed by atoms with Gasteiger partial charge < -0.3 is 4.90 Å². The van der Waals surface area contributed by atoms with E-state index in [1.54, 1.807) is 12.4 Å². The molecule has 1 aromatic heterocycles. The molecule has 0 amide bonds. The highest BCUT2D eigenvalue weighted by atomic mass is 35.5. The SMILES string of the molecule is CN(C)c1cc[n+](Cl)cc1. The molecule has 0 saturated carbocycles. The lowest BCUT2D eigenvalue weighted by Crippen LogP contribution is -2.19. The molecule has 0 unspecified atom stereocenters. The summed E-state index contributed by atoms with van der Waals surface area (Å²) in [7, 11) is 3.99. The number of pyridine rings is 1. The van der Waals surface area contributed by atoms with Crippen LogP contribution < -0.4 is 8.99 Å². The van der Waals surface area contributed by atoms with Crippen molar-refractivity contribution in [1.29, 1.82) is 0 Å². The molecule has 54 valence electrons. The van der Waals surface area contributed by atoms with Crippen molar-refractivity contribution in [2.24, 2.45) is 0 Å². The molecule has 0 aliphatic rings. The Morgan fingerprint density at radius 2 is 1.80 bits per heavy atom. The van der Waals surface area contributed by atoms with Crippen molar-refractivity contribution in [1.82, 2.24) is 0 Å². The van der Waals surface area contributed by atoms with E-state index in [0.717, 1.165) is 5.69 Å². The van der Waals surface area contributed by atoms with Gasteiger partial charge in [0.25, 0.3) is 11.8 Å². The molecule has 3 heteroatoms.